The van der Waals surface area contributed by atoms with Crippen LogP contribution in [-0.2, 0) is 6.42 Å². The predicted molar refractivity (Wildman–Crippen MR) is 66.5 cm³/mol. The molecular formula is C13H14N2O2. The molecule has 0 saturated heterocycles. The molecule has 0 atom stereocenters. The van der Waals surface area contributed by atoms with E-state index in [4.69, 9.17) is 10.4 Å². The number of nitrogens with one attached hydrogen (secondary N) is 2. The minimum Gasteiger partial charge on any atom is -0.291 e. The number of rotatable bonds is 4. The van der Waals surface area contributed by atoms with Crippen LogP contribution in [0.25, 0.3) is 0 Å². The molecule has 0 heterocycles. The van der Waals surface area contributed by atoms with Crippen LogP contribution < -0.4 is 11.0 Å². The molecule has 4 N–H and O–H groups in total. The normalized spacial score (nSPS) is 10.0. The van der Waals surface area contributed by atoms with Gasteiger partial charge >= 0.3 is 0 Å². The average molecular weight is 230 g/mol. The summed E-state index contributed by atoms with van der Waals surface area (Å²) in [6.45, 7) is 0. The molecule has 17 heavy (non-hydrogen) atoms. The summed E-state index contributed by atoms with van der Waals surface area (Å²) >= 11 is 0. The van der Waals surface area contributed by atoms with Gasteiger partial charge in [0.15, 0.2) is 0 Å². The summed E-state index contributed by atoms with van der Waals surface area (Å²) in [4.78, 5) is 0. The van der Waals surface area contributed by atoms with E-state index in [1.54, 1.807) is 12.1 Å². The van der Waals surface area contributed by atoms with Crippen LogP contribution in [0.15, 0.2) is 48.5 Å². The smallest absolute Gasteiger partial charge is 0.0637 e. The molecule has 88 valence electrons. The van der Waals surface area contributed by atoms with Gasteiger partial charge in [-0.1, -0.05) is 36.4 Å². The van der Waals surface area contributed by atoms with Crippen molar-refractivity contribution in [2.24, 2.45) is 0 Å². The van der Waals surface area contributed by atoms with Gasteiger partial charge in [-0.15, -0.1) is 0 Å². The highest BCUT2D eigenvalue weighted by atomic mass is 16.5. The molecule has 0 fully saturated rings. The van der Waals surface area contributed by atoms with E-state index in [9.17, 15) is 0 Å². The summed E-state index contributed by atoms with van der Waals surface area (Å²) in [7, 11) is 0. The Bertz CT molecular complexity index is 455. The monoisotopic (exact) mass is 230 g/mol. The van der Waals surface area contributed by atoms with Crippen molar-refractivity contribution in [3.63, 3.8) is 0 Å². The number of benzene rings is 2. The maximum atomic E-state index is 9.01. The molecule has 0 radical (unpaired) electrons. The van der Waals surface area contributed by atoms with Crippen molar-refractivity contribution >= 4 is 11.4 Å². The van der Waals surface area contributed by atoms with E-state index in [-0.39, 0.29) is 0 Å². The van der Waals surface area contributed by atoms with Crippen molar-refractivity contribution in [3.05, 3.63) is 59.7 Å². The Hall–Kier alpha value is -2.04. The van der Waals surface area contributed by atoms with Crippen LogP contribution in [0.2, 0.25) is 0 Å². The van der Waals surface area contributed by atoms with Gasteiger partial charge in [-0.3, -0.25) is 21.4 Å². The van der Waals surface area contributed by atoms with Gasteiger partial charge in [-0.25, -0.2) is 0 Å². The number of hydrogen-bond acceptors (Lipinski definition) is 4. The van der Waals surface area contributed by atoms with E-state index in [1.165, 1.54) is 0 Å². The van der Waals surface area contributed by atoms with Crippen molar-refractivity contribution in [2.75, 3.05) is 11.0 Å². The minimum absolute atomic E-state index is 0.619. The topological polar surface area (TPSA) is 64.5 Å². The zero-order chi connectivity index (χ0) is 12.1. The van der Waals surface area contributed by atoms with Crippen LogP contribution in [0.1, 0.15) is 11.1 Å². The summed E-state index contributed by atoms with van der Waals surface area (Å²) in [5.74, 6) is 0. The Balaban J connectivity index is 2.31. The Morgan fingerprint density at radius 3 is 1.53 bits per heavy atom. The first-order chi connectivity index (χ1) is 8.35. The number of hydrogen-bond donors (Lipinski definition) is 4. The van der Waals surface area contributed by atoms with Gasteiger partial charge in [-0.2, -0.15) is 0 Å². The van der Waals surface area contributed by atoms with Gasteiger partial charge < -0.3 is 0 Å². The third-order valence-electron chi connectivity index (χ3n) is 2.66. The average Bonchev–Trinajstić information content (AvgIpc) is 2.40. The van der Waals surface area contributed by atoms with E-state index < -0.39 is 0 Å². The Labute approximate surface area is 99.4 Å². The number of anilines is 2. The largest absolute Gasteiger partial charge is 0.291 e. The van der Waals surface area contributed by atoms with Crippen LogP contribution in [0.3, 0.4) is 0 Å². The fraction of sp³-hybridized carbons (Fsp3) is 0.0769. The van der Waals surface area contributed by atoms with Crippen LogP contribution >= 0.6 is 0 Å². The highest BCUT2D eigenvalue weighted by molar-refractivity contribution is 5.56. The standard InChI is InChI=1S/C13H14N2O2/c16-14-12-7-3-1-5-10(12)9-11-6-2-4-8-13(11)15-17/h1-8,14-17H,9H2. The SMILES string of the molecule is ONc1ccccc1Cc1ccccc1NO. The van der Waals surface area contributed by atoms with Crippen LogP contribution in [0.5, 0.6) is 0 Å². The highest BCUT2D eigenvalue weighted by Crippen LogP contribution is 2.22. The second kappa shape index (κ2) is 5.34. The molecule has 4 heteroatoms. The third-order valence-corrected chi connectivity index (χ3v) is 2.66. The number of para-hydroxylation sites is 2. The molecule has 0 aliphatic heterocycles. The van der Waals surface area contributed by atoms with Crippen molar-refractivity contribution in [2.45, 2.75) is 6.42 Å². The van der Waals surface area contributed by atoms with E-state index >= 15 is 0 Å². The van der Waals surface area contributed by atoms with Gasteiger partial charge in [0.25, 0.3) is 0 Å². The van der Waals surface area contributed by atoms with E-state index in [2.05, 4.69) is 11.0 Å². The molecule has 0 aromatic heterocycles. The first kappa shape index (κ1) is 11.4. The summed E-state index contributed by atoms with van der Waals surface area (Å²) in [5, 5.41) is 18.0. The summed E-state index contributed by atoms with van der Waals surface area (Å²) in [5.41, 5.74) is 7.59. The molecule has 0 aliphatic rings. The molecule has 0 unspecified atom stereocenters. The molecule has 2 rings (SSSR count). The van der Waals surface area contributed by atoms with Crippen molar-refractivity contribution < 1.29 is 10.4 Å². The summed E-state index contributed by atoms with van der Waals surface area (Å²) < 4.78 is 0. The second-order valence-corrected chi connectivity index (χ2v) is 3.71. The lowest BCUT2D eigenvalue weighted by molar-refractivity contribution is 0.387. The maximum Gasteiger partial charge on any atom is 0.0637 e. The molecule has 0 spiro atoms. The molecule has 0 aliphatic carbocycles. The van der Waals surface area contributed by atoms with Crippen LogP contribution in [0.4, 0.5) is 11.4 Å². The van der Waals surface area contributed by atoms with E-state index in [0.29, 0.717) is 17.8 Å². The van der Waals surface area contributed by atoms with Crippen LogP contribution in [-0.4, -0.2) is 10.4 Å². The van der Waals surface area contributed by atoms with Gasteiger partial charge in [0.05, 0.1) is 11.4 Å². The first-order valence-electron chi connectivity index (χ1n) is 5.31. The lowest BCUT2D eigenvalue weighted by Gasteiger charge is -2.10. The Kier molecular flexibility index (Phi) is 3.59. The van der Waals surface area contributed by atoms with Crippen molar-refractivity contribution in [3.8, 4) is 0 Å². The second-order valence-electron chi connectivity index (χ2n) is 3.71. The first-order valence-corrected chi connectivity index (χ1v) is 5.31. The minimum atomic E-state index is 0.619. The zero-order valence-electron chi connectivity index (χ0n) is 9.22. The maximum absolute atomic E-state index is 9.01. The van der Waals surface area contributed by atoms with Crippen molar-refractivity contribution in [1.82, 2.24) is 0 Å². The van der Waals surface area contributed by atoms with E-state index in [0.717, 1.165) is 11.1 Å². The highest BCUT2D eigenvalue weighted by Gasteiger charge is 2.05. The fourth-order valence-electron chi connectivity index (χ4n) is 1.77. The molecule has 2 aromatic rings. The lowest BCUT2D eigenvalue weighted by atomic mass is 10.0. The molecular weight excluding hydrogens is 216 g/mol. The molecule has 2 aromatic carbocycles. The van der Waals surface area contributed by atoms with Crippen LogP contribution in [0, 0.1) is 0 Å². The molecule has 4 nitrogen and oxygen atoms in total. The Morgan fingerprint density at radius 1 is 0.706 bits per heavy atom. The van der Waals surface area contributed by atoms with Crippen molar-refractivity contribution in [1.29, 1.82) is 0 Å². The predicted octanol–water partition coefficient (Wildman–Crippen LogP) is 2.88. The molecule has 0 saturated carbocycles. The van der Waals surface area contributed by atoms with Gasteiger partial charge in [-0.05, 0) is 23.3 Å². The lowest BCUT2D eigenvalue weighted by Crippen LogP contribution is -2.00. The zero-order valence-corrected chi connectivity index (χ0v) is 9.22. The van der Waals surface area contributed by atoms with Gasteiger partial charge in [0.1, 0.15) is 0 Å². The summed E-state index contributed by atoms with van der Waals surface area (Å²) in [6.07, 6.45) is 0.619. The van der Waals surface area contributed by atoms with Gasteiger partial charge in [0, 0.05) is 6.42 Å². The quantitative estimate of drug-likeness (QED) is 0.610. The summed E-state index contributed by atoms with van der Waals surface area (Å²) in [6, 6.07) is 14.9. The molecule has 0 bridgehead atoms. The third kappa shape index (κ3) is 2.55. The van der Waals surface area contributed by atoms with E-state index in [1.807, 2.05) is 36.4 Å². The van der Waals surface area contributed by atoms with Gasteiger partial charge in [0.2, 0.25) is 0 Å². The fourth-order valence-corrected chi connectivity index (χ4v) is 1.77. The Morgan fingerprint density at radius 2 is 1.12 bits per heavy atom. The molecule has 0 amide bonds.